The molecule has 2 rings (SSSR count). The van der Waals surface area contributed by atoms with Crippen molar-refractivity contribution in [2.75, 3.05) is 26.2 Å². The average Bonchev–Trinajstić information content (AvgIpc) is 2.95. The second kappa shape index (κ2) is 5.92. The molecule has 0 spiro atoms. The molecule has 106 valence electrons. The van der Waals surface area contributed by atoms with Crippen LogP contribution < -0.4 is 5.32 Å². The molecule has 2 atom stereocenters. The van der Waals surface area contributed by atoms with E-state index < -0.39 is 0 Å². The van der Waals surface area contributed by atoms with Gasteiger partial charge in [-0.05, 0) is 76.0 Å². The Bertz CT molecular complexity index is 254. The van der Waals surface area contributed by atoms with Crippen LogP contribution in [0.2, 0.25) is 0 Å². The number of hydrogen-bond acceptors (Lipinski definition) is 2. The lowest BCUT2D eigenvalue weighted by molar-refractivity contribution is 0.162. The molecule has 2 unspecified atom stereocenters. The lowest BCUT2D eigenvalue weighted by Gasteiger charge is -2.35. The van der Waals surface area contributed by atoms with Crippen molar-refractivity contribution in [1.82, 2.24) is 10.2 Å². The van der Waals surface area contributed by atoms with Gasteiger partial charge in [-0.3, -0.25) is 0 Å². The van der Waals surface area contributed by atoms with Crippen LogP contribution in [0.4, 0.5) is 0 Å². The highest BCUT2D eigenvalue weighted by atomic mass is 15.1. The summed E-state index contributed by atoms with van der Waals surface area (Å²) in [6.45, 7) is 14.6. The van der Waals surface area contributed by atoms with Gasteiger partial charge in [0, 0.05) is 6.04 Å². The van der Waals surface area contributed by atoms with Gasteiger partial charge in [-0.15, -0.1) is 0 Å². The summed E-state index contributed by atoms with van der Waals surface area (Å²) in [6, 6.07) is 0.713. The smallest absolute Gasteiger partial charge is 0.00680 e. The number of nitrogens with zero attached hydrogens (tertiary/aromatic N) is 1. The highest BCUT2D eigenvalue weighted by Crippen LogP contribution is 2.51. The molecule has 0 aromatic carbocycles. The molecule has 2 fully saturated rings. The van der Waals surface area contributed by atoms with Crippen molar-refractivity contribution in [2.45, 2.75) is 59.4 Å². The highest BCUT2D eigenvalue weighted by Gasteiger charge is 2.45. The lowest BCUT2D eigenvalue weighted by Crippen LogP contribution is -2.42. The third-order valence-corrected chi connectivity index (χ3v) is 5.28. The maximum absolute atomic E-state index is 3.80. The average molecular weight is 252 g/mol. The lowest BCUT2D eigenvalue weighted by atomic mass is 9.90. The second-order valence-corrected chi connectivity index (χ2v) is 7.27. The van der Waals surface area contributed by atoms with Gasteiger partial charge in [-0.25, -0.2) is 0 Å². The Morgan fingerprint density at radius 1 is 1.28 bits per heavy atom. The molecule has 2 nitrogen and oxygen atoms in total. The van der Waals surface area contributed by atoms with E-state index in [4.69, 9.17) is 0 Å². The number of rotatable bonds is 6. The summed E-state index contributed by atoms with van der Waals surface area (Å²) in [5, 5.41) is 3.80. The molecule has 0 amide bonds. The predicted octanol–water partition coefficient (Wildman–Crippen LogP) is 3.13. The molecule has 1 heterocycles. The molecule has 1 aliphatic carbocycles. The molecule has 2 aliphatic rings. The van der Waals surface area contributed by atoms with E-state index in [0.717, 1.165) is 11.8 Å². The van der Waals surface area contributed by atoms with Gasteiger partial charge in [0.1, 0.15) is 0 Å². The van der Waals surface area contributed by atoms with Crippen LogP contribution in [-0.2, 0) is 0 Å². The van der Waals surface area contributed by atoms with Crippen LogP contribution in [0.3, 0.4) is 0 Å². The third-order valence-electron chi connectivity index (χ3n) is 5.28. The molecule has 1 N–H and O–H groups in total. The number of nitrogens with one attached hydrogen (secondary N) is 1. The van der Waals surface area contributed by atoms with Crippen LogP contribution in [-0.4, -0.2) is 37.1 Å². The SMILES string of the molecule is CCCN1CCC(C(C)NCC2CC2(C)C)CC1. The largest absolute Gasteiger partial charge is 0.314 e. The Hall–Kier alpha value is -0.0800. The standard InChI is InChI=1S/C16H32N2/c1-5-8-18-9-6-14(7-10-18)13(2)17-12-15-11-16(15,3)4/h13-15,17H,5-12H2,1-4H3. The van der Waals surface area contributed by atoms with Gasteiger partial charge in [-0.2, -0.15) is 0 Å². The van der Waals surface area contributed by atoms with Gasteiger partial charge in [-0.1, -0.05) is 20.8 Å². The summed E-state index contributed by atoms with van der Waals surface area (Å²) >= 11 is 0. The van der Waals surface area contributed by atoms with Gasteiger partial charge in [0.05, 0.1) is 0 Å². The fourth-order valence-electron chi connectivity index (χ4n) is 3.41. The highest BCUT2D eigenvalue weighted by molar-refractivity contribution is 4.96. The van der Waals surface area contributed by atoms with E-state index >= 15 is 0 Å². The summed E-state index contributed by atoms with van der Waals surface area (Å²) in [5.41, 5.74) is 0.622. The van der Waals surface area contributed by atoms with Gasteiger partial charge in [0.15, 0.2) is 0 Å². The van der Waals surface area contributed by atoms with Crippen LogP contribution in [0.25, 0.3) is 0 Å². The molecule has 0 radical (unpaired) electrons. The topological polar surface area (TPSA) is 15.3 Å². The molecular formula is C16H32N2. The number of piperidine rings is 1. The van der Waals surface area contributed by atoms with Crippen molar-refractivity contribution in [1.29, 1.82) is 0 Å². The molecule has 0 aromatic rings. The molecule has 1 saturated carbocycles. The zero-order valence-electron chi connectivity index (χ0n) is 12.8. The first kappa shape index (κ1) is 14.3. The van der Waals surface area contributed by atoms with Crippen molar-refractivity contribution in [3.05, 3.63) is 0 Å². The summed E-state index contributed by atoms with van der Waals surface area (Å²) in [4.78, 5) is 2.63. The van der Waals surface area contributed by atoms with Gasteiger partial charge in [0.2, 0.25) is 0 Å². The van der Waals surface area contributed by atoms with E-state index in [2.05, 4.69) is 37.9 Å². The van der Waals surface area contributed by atoms with Crippen LogP contribution in [0.5, 0.6) is 0 Å². The quantitative estimate of drug-likeness (QED) is 0.781. The zero-order chi connectivity index (χ0) is 13.2. The fraction of sp³-hybridized carbons (Fsp3) is 1.00. The Morgan fingerprint density at radius 3 is 2.39 bits per heavy atom. The number of likely N-dealkylation sites (tertiary alicyclic amines) is 1. The summed E-state index contributed by atoms with van der Waals surface area (Å²) < 4.78 is 0. The molecule has 0 bridgehead atoms. The Labute approximate surface area is 114 Å². The molecule has 18 heavy (non-hydrogen) atoms. The number of hydrogen-bond donors (Lipinski definition) is 1. The second-order valence-electron chi connectivity index (χ2n) is 7.27. The molecule has 2 heteroatoms. The van der Waals surface area contributed by atoms with Crippen molar-refractivity contribution >= 4 is 0 Å². The summed E-state index contributed by atoms with van der Waals surface area (Å²) in [6.07, 6.45) is 5.50. The normalized spacial score (nSPS) is 30.3. The van der Waals surface area contributed by atoms with Crippen molar-refractivity contribution in [3.8, 4) is 0 Å². The predicted molar refractivity (Wildman–Crippen MR) is 78.8 cm³/mol. The van der Waals surface area contributed by atoms with Gasteiger partial charge in [0.25, 0.3) is 0 Å². The van der Waals surface area contributed by atoms with E-state index in [1.54, 1.807) is 0 Å². The molecule has 0 aromatic heterocycles. The minimum atomic E-state index is 0.622. The maximum Gasteiger partial charge on any atom is 0.00680 e. The van der Waals surface area contributed by atoms with E-state index in [-0.39, 0.29) is 0 Å². The van der Waals surface area contributed by atoms with E-state index in [1.165, 1.54) is 51.9 Å². The van der Waals surface area contributed by atoms with Crippen molar-refractivity contribution in [2.24, 2.45) is 17.3 Å². The van der Waals surface area contributed by atoms with Gasteiger partial charge >= 0.3 is 0 Å². The Kier molecular flexibility index (Phi) is 4.71. The summed E-state index contributed by atoms with van der Waals surface area (Å²) in [5.74, 6) is 1.83. The summed E-state index contributed by atoms with van der Waals surface area (Å²) in [7, 11) is 0. The van der Waals surface area contributed by atoms with Crippen LogP contribution in [0.1, 0.15) is 53.4 Å². The monoisotopic (exact) mass is 252 g/mol. The van der Waals surface area contributed by atoms with Crippen LogP contribution >= 0.6 is 0 Å². The minimum absolute atomic E-state index is 0.622. The van der Waals surface area contributed by atoms with Gasteiger partial charge < -0.3 is 10.2 Å². The zero-order valence-corrected chi connectivity index (χ0v) is 12.8. The van der Waals surface area contributed by atoms with Crippen molar-refractivity contribution < 1.29 is 0 Å². The minimum Gasteiger partial charge on any atom is -0.314 e. The molecule has 1 saturated heterocycles. The Balaban J connectivity index is 1.63. The van der Waals surface area contributed by atoms with Crippen LogP contribution in [0, 0.1) is 17.3 Å². The molecule has 1 aliphatic heterocycles. The Morgan fingerprint density at radius 2 is 1.89 bits per heavy atom. The maximum atomic E-state index is 3.80. The first-order chi connectivity index (χ1) is 8.53. The van der Waals surface area contributed by atoms with E-state index in [0.29, 0.717) is 11.5 Å². The fourth-order valence-corrected chi connectivity index (χ4v) is 3.41. The van der Waals surface area contributed by atoms with Crippen molar-refractivity contribution in [3.63, 3.8) is 0 Å². The first-order valence-electron chi connectivity index (χ1n) is 7.98. The van der Waals surface area contributed by atoms with E-state index in [1.807, 2.05) is 0 Å². The van der Waals surface area contributed by atoms with Crippen LogP contribution in [0.15, 0.2) is 0 Å². The first-order valence-corrected chi connectivity index (χ1v) is 7.98. The third kappa shape index (κ3) is 3.71. The van der Waals surface area contributed by atoms with E-state index in [9.17, 15) is 0 Å². The molecular weight excluding hydrogens is 220 g/mol.